The minimum atomic E-state index is -1.75. The van der Waals surface area contributed by atoms with Crippen LogP contribution >= 0.6 is 0 Å². The maximum Gasteiger partial charge on any atom is 0.303 e. The predicted octanol–water partition coefficient (Wildman–Crippen LogP) is 8.46. The first-order chi connectivity index (χ1) is 15.0. The van der Waals surface area contributed by atoms with Crippen molar-refractivity contribution in [2.24, 2.45) is 0 Å². The van der Waals surface area contributed by atoms with E-state index in [0.29, 0.717) is 6.61 Å². The van der Waals surface area contributed by atoms with Crippen molar-refractivity contribution >= 4 is 20.4 Å². The lowest BCUT2D eigenvalue weighted by Gasteiger charge is -2.36. The summed E-state index contributed by atoms with van der Waals surface area (Å²) in [5.41, 5.74) is 2.34. The fourth-order valence-corrected chi connectivity index (χ4v) is 4.12. The van der Waals surface area contributed by atoms with Crippen molar-refractivity contribution < 1.29 is 14.0 Å². The van der Waals surface area contributed by atoms with Gasteiger partial charge in [0, 0.05) is 6.92 Å². The molecular weight excluding hydrogens is 412 g/mol. The van der Waals surface area contributed by atoms with Crippen LogP contribution in [0.4, 0.5) is 0 Å². The van der Waals surface area contributed by atoms with Crippen LogP contribution < -0.4 is 0 Å². The van der Waals surface area contributed by atoms with Gasteiger partial charge in [-0.2, -0.15) is 0 Å². The van der Waals surface area contributed by atoms with Crippen LogP contribution in [0, 0.1) is 0 Å². The van der Waals surface area contributed by atoms with E-state index in [9.17, 15) is 4.79 Å². The van der Waals surface area contributed by atoms with Gasteiger partial charge in [-0.05, 0) is 54.2 Å². The smallest absolute Gasteiger partial charge is 0.303 e. The minimum Gasteiger partial charge on any atom is -0.458 e. The molecule has 180 valence electrons. The molecule has 1 rings (SSSR count). The lowest BCUT2D eigenvalue weighted by molar-refractivity contribution is -0.144. The van der Waals surface area contributed by atoms with Crippen molar-refractivity contribution in [2.45, 2.75) is 110 Å². The Hall–Kier alpha value is -1.65. The molecule has 0 bridgehead atoms. The summed E-state index contributed by atoms with van der Waals surface area (Å²) in [5, 5.41) is 0.212. The molecule has 1 aromatic carbocycles. The first-order valence-electron chi connectivity index (χ1n) is 12.3. The zero-order valence-corrected chi connectivity index (χ0v) is 22.6. The number of esters is 1. The summed E-state index contributed by atoms with van der Waals surface area (Å²) < 4.78 is 11.8. The van der Waals surface area contributed by atoms with E-state index in [1.165, 1.54) is 44.6 Å². The summed E-state index contributed by atoms with van der Waals surface area (Å²) >= 11 is 0. The number of rotatable bonds is 14. The summed E-state index contributed by atoms with van der Waals surface area (Å²) in [6, 6.07) is 8.48. The summed E-state index contributed by atoms with van der Waals surface area (Å²) in [6.07, 6.45) is 16.2. The first-order valence-corrected chi connectivity index (χ1v) is 15.2. The number of carbonyl (C=O) groups is 1. The highest BCUT2D eigenvalue weighted by atomic mass is 28.4. The van der Waals surface area contributed by atoms with Crippen molar-refractivity contribution in [3.05, 3.63) is 53.6 Å². The Bertz CT molecular complexity index is 728. The molecule has 3 nitrogen and oxygen atoms in total. The third-order valence-corrected chi connectivity index (χ3v) is 10.7. The quantitative estimate of drug-likeness (QED) is 0.121. The molecule has 32 heavy (non-hydrogen) atoms. The normalized spacial score (nSPS) is 13.7. The molecule has 1 atom stereocenters. The molecule has 0 saturated heterocycles. The van der Waals surface area contributed by atoms with Gasteiger partial charge in [0.1, 0.15) is 6.10 Å². The molecule has 1 aromatic rings. The number of hydrogen-bond acceptors (Lipinski definition) is 3. The van der Waals surface area contributed by atoms with Crippen LogP contribution in [0.5, 0.6) is 0 Å². The van der Waals surface area contributed by atoms with Crippen LogP contribution in [0.1, 0.15) is 90.7 Å². The lowest BCUT2D eigenvalue weighted by Crippen LogP contribution is -2.40. The van der Waals surface area contributed by atoms with E-state index in [0.717, 1.165) is 18.4 Å². The average molecular weight is 459 g/mol. The molecule has 0 saturated carbocycles. The Morgan fingerprint density at radius 3 is 2.41 bits per heavy atom. The summed E-state index contributed by atoms with van der Waals surface area (Å²) in [6.45, 7) is 15.7. The van der Waals surface area contributed by atoms with E-state index >= 15 is 0 Å². The molecule has 0 aliphatic heterocycles. The van der Waals surface area contributed by atoms with Crippen molar-refractivity contribution in [2.75, 3.05) is 0 Å². The van der Waals surface area contributed by atoms with Crippen molar-refractivity contribution in [1.29, 1.82) is 0 Å². The molecule has 0 fully saturated rings. The van der Waals surface area contributed by atoms with E-state index in [-0.39, 0.29) is 17.1 Å². The molecule has 0 aromatic heterocycles. The number of unbranched alkanes of at least 4 members (excludes halogenated alkanes) is 5. The Kier molecular flexibility index (Phi) is 12.8. The van der Waals surface area contributed by atoms with Gasteiger partial charge in [0.05, 0.1) is 6.61 Å². The fourth-order valence-electron chi connectivity index (χ4n) is 3.16. The van der Waals surface area contributed by atoms with Crippen LogP contribution in [-0.4, -0.2) is 20.4 Å². The lowest BCUT2D eigenvalue weighted by atomic mass is 10.1. The van der Waals surface area contributed by atoms with Crippen LogP contribution in [0.25, 0.3) is 6.08 Å². The maximum absolute atomic E-state index is 11.4. The fraction of sp³-hybridized carbons (Fsp3) is 0.607. The topological polar surface area (TPSA) is 35.5 Å². The highest BCUT2D eigenvalue weighted by molar-refractivity contribution is 6.74. The first kappa shape index (κ1) is 28.4. The number of benzene rings is 1. The SMILES string of the molecule is CCCCCCCCC(/C=C/C=C/c1cccc(CO[Si](C)(C)C(C)(C)C)c1)OC(C)=O. The molecule has 1 unspecified atom stereocenters. The molecule has 0 aliphatic rings. The Labute approximate surface area is 198 Å². The third kappa shape index (κ3) is 11.8. The molecule has 0 amide bonds. The van der Waals surface area contributed by atoms with Gasteiger partial charge >= 0.3 is 5.97 Å². The molecule has 0 radical (unpaired) electrons. The second kappa shape index (κ2) is 14.5. The van der Waals surface area contributed by atoms with E-state index in [1.807, 2.05) is 18.2 Å². The second-order valence-corrected chi connectivity index (χ2v) is 15.1. The zero-order chi connectivity index (χ0) is 24.0. The largest absolute Gasteiger partial charge is 0.458 e. The molecular formula is C28H46O3Si. The third-order valence-electron chi connectivity index (χ3n) is 6.24. The van der Waals surface area contributed by atoms with Crippen LogP contribution in [0.15, 0.2) is 42.5 Å². The molecule has 0 aliphatic carbocycles. The van der Waals surface area contributed by atoms with E-state index in [1.54, 1.807) is 0 Å². The van der Waals surface area contributed by atoms with Gasteiger partial charge in [-0.15, -0.1) is 0 Å². The van der Waals surface area contributed by atoms with Crippen molar-refractivity contribution in [1.82, 2.24) is 0 Å². The standard InChI is InChI=1S/C28H46O3Si/c1-8-9-10-11-12-13-20-27(31-24(2)29)21-15-14-17-25-18-16-19-26(22-25)23-30-32(6,7)28(3,4)5/h14-19,21-22,27H,8-13,20,23H2,1-7H3/b17-14+,21-15+. The van der Waals surface area contributed by atoms with Gasteiger partial charge in [0.2, 0.25) is 0 Å². The average Bonchev–Trinajstić information content (AvgIpc) is 2.71. The van der Waals surface area contributed by atoms with Crippen molar-refractivity contribution in [3.63, 3.8) is 0 Å². The van der Waals surface area contributed by atoms with Gasteiger partial charge in [0.25, 0.3) is 0 Å². The number of ether oxygens (including phenoxy) is 1. The summed E-state index contributed by atoms with van der Waals surface area (Å²) in [5.74, 6) is -0.218. The molecule has 4 heteroatoms. The molecule has 0 spiro atoms. The van der Waals surface area contributed by atoms with Crippen LogP contribution in [0.2, 0.25) is 18.1 Å². The van der Waals surface area contributed by atoms with E-state index in [2.05, 4.69) is 71.1 Å². The monoisotopic (exact) mass is 458 g/mol. The number of allylic oxidation sites excluding steroid dienone is 2. The molecule has 0 N–H and O–H groups in total. The Balaban J connectivity index is 2.60. The van der Waals surface area contributed by atoms with Gasteiger partial charge < -0.3 is 9.16 Å². The summed E-state index contributed by atoms with van der Waals surface area (Å²) in [4.78, 5) is 11.4. The van der Waals surface area contributed by atoms with Gasteiger partial charge in [0.15, 0.2) is 8.32 Å². The second-order valence-electron chi connectivity index (χ2n) is 10.2. The van der Waals surface area contributed by atoms with Crippen LogP contribution in [-0.2, 0) is 20.6 Å². The molecule has 0 heterocycles. The highest BCUT2D eigenvalue weighted by Crippen LogP contribution is 2.37. The maximum atomic E-state index is 11.4. The highest BCUT2D eigenvalue weighted by Gasteiger charge is 2.36. The number of carbonyl (C=O) groups excluding carboxylic acids is 1. The number of hydrogen-bond donors (Lipinski definition) is 0. The van der Waals surface area contributed by atoms with E-state index < -0.39 is 8.32 Å². The predicted molar refractivity (Wildman–Crippen MR) is 140 cm³/mol. The Morgan fingerprint density at radius 1 is 1.06 bits per heavy atom. The zero-order valence-electron chi connectivity index (χ0n) is 21.6. The summed E-state index contributed by atoms with van der Waals surface area (Å²) in [7, 11) is -1.75. The van der Waals surface area contributed by atoms with Gasteiger partial charge in [-0.3, -0.25) is 4.79 Å². The Morgan fingerprint density at radius 2 is 1.75 bits per heavy atom. The van der Waals surface area contributed by atoms with Gasteiger partial charge in [-0.25, -0.2) is 0 Å². The minimum absolute atomic E-state index is 0.146. The van der Waals surface area contributed by atoms with Crippen molar-refractivity contribution in [3.8, 4) is 0 Å². The van der Waals surface area contributed by atoms with Crippen LogP contribution in [0.3, 0.4) is 0 Å². The van der Waals surface area contributed by atoms with Gasteiger partial charge in [-0.1, -0.05) is 96.2 Å². The van der Waals surface area contributed by atoms with E-state index in [4.69, 9.17) is 9.16 Å².